The van der Waals surface area contributed by atoms with Gasteiger partial charge in [0.15, 0.2) is 0 Å². The van der Waals surface area contributed by atoms with E-state index in [-0.39, 0.29) is 21.4 Å². The van der Waals surface area contributed by atoms with E-state index in [1.807, 2.05) is 0 Å². The molecule has 0 aromatic carbocycles. The van der Waals surface area contributed by atoms with Crippen LogP contribution in [0.5, 0.6) is 0 Å². The Kier molecular flexibility index (Phi) is 3.88. The Hall–Kier alpha value is -0.530. The normalized spacial score (nSPS) is 25.3. The van der Waals surface area contributed by atoms with Crippen molar-refractivity contribution in [3.8, 4) is 0 Å². The smallest absolute Gasteiger partial charge is 0.282 e. The van der Waals surface area contributed by atoms with Crippen LogP contribution in [0, 0.1) is 0 Å². The van der Waals surface area contributed by atoms with E-state index >= 15 is 0 Å². The first kappa shape index (κ1) is 11.9. The van der Waals surface area contributed by atoms with E-state index in [0.29, 0.717) is 11.5 Å². The summed E-state index contributed by atoms with van der Waals surface area (Å²) in [6, 6.07) is 0.0906. The van der Waals surface area contributed by atoms with E-state index in [9.17, 15) is 9.00 Å². The Bertz CT molecular complexity index is 413. The van der Waals surface area contributed by atoms with Gasteiger partial charge in [-0.25, -0.2) is 0 Å². The van der Waals surface area contributed by atoms with Crippen LogP contribution in [-0.4, -0.2) is 37.9 Å². The average Bonchev–Trinajstić information content (AvgIpc) is 2.68. The zero-order valence-electron chi connectivity index (χ0n) is 8.31. The number of hydrogen-bond acceptors (Lipinski definition) is 5. The van der Waals surface area contributed by atoms with Gasteiger partial charge in [0.1, 0.15) is 0 Å². The molecule has 1 amide bonds. The second-order valence-corrected chi connectivity index (χ2v) is 6.71. The van der Waals surface area contributed by atoms with Crippen molar-refractivity contribution in [2.24, 2.45) is 0 Å². The highest BCUT2D eigenvalue weighted by molar-refractivity contribution is 7.85. The van der Waals surface area contributed by atoms with Crippen LogP contribution in [0.25, 0.3) is 0 Å². The number of aromatic nitrogens is 2. The minimum atomic E-state index is -0.714. The molecule has 1 N–H and O–H groups in total. The van der Waals surface area contributed by atoms with E-state index in [4.69, 9.17) is 11.6 Å². The molecule has 8 heteroatoms. The summed E-state index contributed by atoms with van der Waals surface area (Å²) < 4.78 is 11.4. The Labute approximate surface area is 104 Å². The predicted octanol–water partition coefficient (Wildman–Crippen LogP) is 0.832. The molecule has 0 bridgehead atoms. The quantitative estimate of drug-likeness (QED) is 0.870. The molecule has 0 saturated carbocycles. The van der Waals surface area contributed by atoms with Gasteiger partial charge in [0, 0.05) is 28.3 Å². The van der Waals surface area contributed by atoms with E-state index in [1.54, 1.807) is 0 Å². The Morgan fingerprint density at radius 2 is 2.12 bits per heavy atom. The lowest BCUT2D eigenvalue weighted by molar-refractivity contribution is 0.0933. The van der Waals surface area contributed by atoms with Gasteiger partial charge in [-0.1, -0.05) is 11.3 Å². The Balaban J connectivity index is 1.90. The van der Waals surface area contributed by atoms with Crippen LogP contribution in [0.2, 0.25) is 4.47 Å². The number of rotatable bonds is 2. The molecule has 0 unspecified atom stereocenters. The van der Waals surface area contributed by atoms with Crippen molar-refractivity contribution in [3.05, 3.63) is 9.47 Å². The molecule has 0 atom stereocenters. The maximum atomic E-state index is 11.7. The fourth-order valence-electron chi connectivity index (χ4n) is 1.48. The number of nitrogens with zero attached hydrogens (tertiary/aromatic N) is 2. The molecule has 0 aliphatic carbocycles. The molecule has 1 aromatic rings. The molecule has 5 nitrogen and oxygen atoms in total. The van der Waals surface area contributed by atoms with Crippen molar-refractivity contribution in [3.63, 3.8) is 0 Å². The van der Waals surface area contributed by atoms with Crippen LogP contribution in [0.15, 0.2) is 0 Å². The predicted molar refractivity (Wildman–Crippen MR) is 63.3 cm³/mol. The number of hydrogen-bond donors (Lipinski definition) is 1. The van der Waals surface area contributed by atoms with Gasteiger partial charge in [-0.05, 0) is 24.4 Å². The van der Waals surface area contributed by atoms with Crippen molar-refractivity contribution in [2.45, 2.75) is 18.9 Å². The molecule has 1 aromatic heterocycles. The molecule has 16 heavy (non-hydrogen) atoms. The summed E-state index contributed by atoms with van der Waals surface area (Å²) in [6.07, 6.45) is 1.51. The molecule has 0 radical (unpaired) electrons. The zero-order chi connectivity index (χ0) is 11.5. The zero-order valence-corrected chi connectivity index (χ0v) is 10.7. The third-order valence-corrected chi connectivity index (χ3v) is 4.72. The fraction of sp³-hybridized carbons (Fsp3) is 0.625. The fourth-order valence-corrected chi connectivity index (χ4v) is 3.51. The first-order valence-corrected chi connectivity index (χ1v) is 7.48. The molecular formula is C8H10ClN3O2S2. The highest BCUT2D eigenvalue weighted by atomic mass is 35.5. The van der Waals surface area contributed by atoms with Gasteiger partial charge in [0.2, 0.25) is 9.47 Å². The lowest BCUT2D eigenvalue weighted by atomic mass is 10.1. The molecular weight excluding hydrogens is 270 g/mol. The Morgan fingerprint density at radius 3 is 2.69 bits per heavy atom. The molecule has 2 heterocycles. The van der Waals surface area contributed by atoms with Gasteiger partial charge in [0.25, 0.3) is 5.91 Å². The third-order valence-electron chi connectivity index (χ3n) is 2.32. The van der Waals surface area contributed by atoms with E-state index in [0.717, 1.165) is 24.2 Å². The summed E-state index contributed by atoms with van der Waals surface area (Å²) in [5, 5.41) is 10.3. The van der Waals surface area contributed by atoms with Gasteiger partial charge >= 0.3 is 0 Å². The van der Waals surface area contributed by atoms with E-state index in [2.05, 4.69) is 15.5 Å². The number of amides is 1. The Morgan fingerprint density at radius 1 is 1.44 bits per heavy atom. The summed E-state index contributed by atoms with van der Waals surface area (Å²) in [5.74, 6) is 1.06. The number of halogens is 1. The molecule has 0 spiro atoms. The van der Waals surface area contributed by atoms with Crippen molar-refractivity contribution < 1.29 is 9.00 Å². The summed E-state index contributed by atoms with van der Waals surface area (Å²) in [4.78, 5) is 11.7. The number of nitrogens with one attached hydrogen (secondary N) is 1. The van der Waals surface area contributed by atoms with Gasteiger partial charge < -0.3 is 5.32 Å². The first-order chi connectivity index (χ1) is 7.65. The maximum absolute atomic E-state index is 11.7. The van der Waals surface area contributed by atoms with Crippen LogP contribution in [0.4, 0.5) is 0 Å². The molecule has 1 fully saturated rings. The van der Waals surface area contributed by atoms with Crippen LogP contribution in [0.1, 0.15) is 22.6 Å². The van der Waals surface area contributed by atoms with E-state index < -0.39 is 10.8 Å². The number of carbonyl (C=O) groups excluding carboxylic acids is 1. The highest BCUT2D eigenvalue weighted by Crippen LogP contribution is 2.16. The average molecular weight is 280 g/mol. The van der Waals surface area contributed by atoms with Crippen molar-refractivity contribution in [1.29, 1.82) is 0 Å². The van der Waals surface area contributed by atoms with Crippen LogP contribution < -0.4 is 5.32 Å². The largest absolute Gasteiger partial charge is 0.347 e. The molecule has 1 aliphatic heterocycles. The summed E-state index contributed by atoms with van der Waals surface area (Å²) >= 11 is 6.65. The van der Waals surface area contributed by atoms with Crippen LogP contribution in [-0.2, 0) is 10.8 Å². The first-order valence-electron chi connectivity index (χ1n) is 4.80. The van der Waals surface area contributed by atoms with Crippen LogP contribution >= 0.6 is 22.9 Å². The minimum absolute atomic E-state index is 0.0906. The van der Waals surface area contributed by atoms with Crippen molar-refractivity contribution >= 4 is 39.6 Å². The molecule has 88 valence electrons. The van der Waals surface area contributed by atoms with Crippen molar-refractivity contribution in [2.75, 3.05) is 11.5 Å². The monoisotopic (exact) mass is 279 g/mol. The third kappa shape index (κ3) is 2.99. The summed E-state index contributed by atoms with van der Waals surface area (Å²) in [7, 11) is -0.714. The molecule has 1 aliphatic rings. The lowest BCUT2D eigenvalue weighted by Gasteiger charge is -2.21. The molecule has 2 rings (SSSR count). The second-order valence-electron chi connectivity index (χ2n) is 3.46. The van der Waals surface area contributed by atoms with Crippen molar-refractivity contribution in [1.82, 2.24) is 15.5 Å². The number of carbonyl (C=O) groups is 1. The second kappa shape index (κ2) is 5.20. The van der Waals surface area contributed by atoms with Gasteiger partial charge in [-0.3, -0.25) is 9.00 Å². The van der Waals surface area contributed by atoms with Crippen LogP contribution in [0.3, 0.4) is 0 Å². The maximum Gasteiger partial charge on any atom is 0.282 e. The summed E-state index contributed by atoms with van der Waals surface area (Å²) in [6.45, 7) is 0. The topological polar surface area (TPSA) is 72.0 Å². The SMILES string of the molecule is O=C(NC1CCS(=O)CC1)c1nnc(Cl)s1. The molecule has 1 saturated heterocycles. The van der Waals surface area contributed by atoms with E-state index in [1.165, 1.54) is 0 Å². The highest BCUT2D eigenvalue weighted by Gasteiger charge is 2.21. The summed E-state index contributed by atoms with van der Waals surface area (Å²) in [5.41, 5.74) is 0. The van der Waals surface area contributed by atoms with Gasteiger partial charge in [-0.15, -0.1) is 10.2 Å². The van der Waals surface area contributed by atoms with Gasteiger partial charge in [-0.2, -0.15) is 0 Å². The van der Waals surface area contributed by atoms with Gasteiger partial charge in [0.05, 0.1) is 0 Å². The minimum Gasteiger partial charge on any atom is -0.347 e. The standard InChI is InChI=1S/C8H10ClN3O2S2/c9-8-12-11-7(15-8)6(13)10-5-1-3-16(14)4-2-5/h5H,1-4H2,(H,10,13). The lowest BCUT2D eigenvalue weighted by Crippen LogP contribution is -2.39.